The van der Waals surface area contributed by atoms with Gasteiger partial charge < -0.3 is 9.67 Å². The molecule has 0 bridgehead atoms. The second-order valence-electron chi connectivity index (χ2n) is 6.96. The lowest BCUT2D eigenvalue weighted by Gasteiger charge is -2.24. The zero-order chi connectivity index (χ0) is 19.6. The van der Waals surface area contributed by atoms with Crippen molar-refractivity contribution in [3.05, 3.63) is 67.6 Å². The number of hydrogen-bond donors (Lipinski definition) is 1. The third-order valence-electron chi connectivity index (χ3n) is 5.17. The first kappa shape index (κ1) is 19.9. The third kappa shape index (κ3) is 4.54. The number of rotatable bonds is 6. The molecule has 0 spiro atoms. The van der Waals surface area contributed by atoms with Crippen molar-refractivity contribution in [1.82, 2.24) is 9.47 Å². The molecule has 0 saturated carbocycles. The van der Waals surface area contributed by atoms with Crippen LogP contribution < -0.4 is 5.56 Å². The van der Waals surface area contributed by atoms with E-state index >= 15 is 0 Å². The van der Waals surface area contributed by atoms with Gasteiger partial charge in [0.15, 0.2) is 0 Å². The third-order valence-corrected chi connectivity index (χ3v) is 5.77. The fraction of sp³-hybridized carbons (Fsp3) is 0.400. The Balaban J connectivity index is 1.84. The number of likely N-dealkylation sites (tertiary alicyclic amines) is 1. The fourth-order valence-electron chi connectivity index (χ4n) is 3.51. The van der Waals surface area contributed by atoms with E-state index in [1.165, 1.54) is 6.07 Å². The molecule has 0 unspecified atom stereocenters. The molecule has 1 fully saturated rings. The highest BCUT2D eigenvalue weighted by Gasteiger charge is 2.23. The van der Waals surface area contributed by atoms with Crippen LogP contribution in [0.3, 0.4) is 0 Å². The Morgan fingerprint density at radius 3 is 2.52 bits per heavy atom. The van der Waals surface area contributed by atoms with E-state index < -0.39 is 5.97 Å². The highest BCUT2D eigenvalue weighted by Crippen LogP contribution is 2.24. The maximum Gasteiger partial charge on any atom is 0.335 e. The predicted molar refractivity (Wildman–Crippen MR) is 107 cm³/mol. The van der Waals surface area contributed by atoms with Crippen LogP contribution in [0.2, 0.25) is 10.0 Å². The monoisotopic (exact) mass is 408 g/mol. The van der Waals surface area contributed by atoms with Crippen LogP contribution in [0, 0.1) is 0 Å². The largest absolute Gasteiger partial charge is 0.478 e. The summed E-state index contributed by atoms with van der Waals surface area (Å²) in [7, 11) is 0. The van der Waals surface area contributed by atoms with Crippen molar-refractivity contribution in [1.29, 1.82) is 0 Å². The van der Waals surface area contributed by atoms with Gasteiger partial charge in [0.2, 0.25) is 0 Å². The molecular formula is C20H22Cl2N2O3. The van der Waals surface area contributed by atoms with Crippen molar-refractivity contribution in [2.24, 2.45) is 0 Å². The number of pyridine rings is 1. The molecule has 5 nitrogen and oxygen atoms in total. The van der Waals surface area contributed by atoms with Crippen LogP contribution in [0.4, 0.5) is 0 Å². The molecule has 144 valence electrons. The SMILES string of the molecule is C[C@H]1CCCN1Cc1c(Cl)cc(Cl)c(=O)n1CCc1ccc(C(=O)O)cc1. The van der Waals surface area contributed by atoms with Gasteiger partial charge in [0.25, 0.3) is 5.56 Å². The lowest BCUT2D eigenvalue weighted by molar-refractivity contribution is 0.0697. The van der Waals surface area contributed by atoms with E-state index in [4.69, 9.17) is 28.3 Å². The van der Waals surface area contributed by atoms with E-state index in [2.05, 4.69) is 11.8 Å². The number of aromatic nitrogens is 1. The summed E-state index contributed by atoms with van der Waals surface area (Å²) in [4.78, 5) is 25.9. The summed E-state index contributed by atoms with van der Waals surface area (Å²) < 4.78 is 1.65. The number of carboxylic acid groups (broad SMARTS) is 1. The second kappa shape index (κ2) is 8.46. The number of nitrogens with zero attached hydrogens (tertiary/aromatic N) is 2. The highest BCUT2D eigenvalue weighted by atomic mass is 35.5. The second-order valence-corrected chi connectivity index (χ2v) is 7.77. The molecule has 3 rings (SSSR count). The minimum Gasteiger partial charge on any atom is -0.478 e. The number of halogens is 2. The van der Waals surface area contributed by atoms with E-state index in [1.807, 2.05) is 0 Å². The van der Waals surface area contributed by atoms with Gasteiger partial charge >= 0.3 is 5.97 Å². The molecule has 27 heavy (non-hydrogen) atoms. The van der Waals surface area contributed by atoms with Crippen LogP contribution in [-0.2, 0) is 19.5 Å². The van der Waals surface area contributed by atoms with Crippen molar-refractivity contribution in [2.45, 2.75) is 45.3 Å². The maximum absolute atomic E-state index is 12.6. The van der Waals surface area contributed by atoms with E-state index in [9.17, 15) is 9.59 Å². The maximum atomic E-state index is 12.6. The predicted octanol–water partition coefficient (Wildman–Crippen LogP) is 4.08. The van der Waals surface area contributed by atoms with Crippen molar-refractivity contribution in [3.8, 4) is 0 Å². The summed E-state index contributed by atoms with van der Waals surface area (Å²) in [6, 6.07) is 8.66. The average molecular weight is 409 g/mol. The molecule has 1 aromatic heterocycles. The van der Waals surface area contributed by atoms with Crippen LogP contribution in [0.15, 0.2) is 35.1 Å². The Kier molecular flexibility index (Phi) is 6.25. The van der Waals surface area contributed by atoms with Gasteiger partial charge in [0.1, 0.15) is 5.02 Å². The fourth-order valence-corrected chi connectivity index (χ4v) is 4.05. The first-order valence-corrected chi connectivity index (χ1v) is 9.76. The van der Waals surface area contributed by atoms with Crippen LogP contribution >= 0.6 is 23.2 Å². The lowest BCUT2D eigenvalue weighted by atomic mass is 10.1. The van der Waals surface area contributed by atoms with Crippen LogP contribution in [0.25, 0.3) is 0 Å². The van der Waals surface area contributed by atoms with Crippen LogP contribution in [0.5, 0.6) is 0 Å². The first-order chi connectivity index (χ1) is 12.9. The zero-order valence-electron chi connectivity index (χ0n) is 15.1. The number of carboxylic acids is 1. The summed E-state index contributed by atoms with van der Waals surface area (Å²) in [5, 5.41) is 9.61. The number of benzene rings is 1. The standard InChI is InChI=1S/C20H22Cl2N2O3/c1-13-3-2-9-23(13)12-18-16(21)11-17(22)19(25)24(18)10-8-14-4-6-15(7-5-14)20(26)27/h4-7,11,13H,2-3,8-10,12H2,1H3,(H,26,27)/t13-/m0/s1. The van der Waals surface area contributed by atoms with Gasteiger partial charge in [-0.05, 0) is 56.5 Å². The summed E-state index contributed by atoms with van der Waals surface area (Å²) in [6.45, 7) is 4.22. The van der Waals surface area contributed by atoms with Crippen molar-refractivity contribution in [3.63, 3.8) is 0 Å². The summed E-state index contributed by atoms with van der Waals surface area (Å²) in [5.74, 6) is -0.957. The molecule has 2 aromatic rings. The quantitative estimate of drug-likeness (QED) is 0.781. The Bertz CT molecular complexity index is 893. The van der Waals surface area contributed by atoms with Crippen molar-refractivity contribution in [2.75, 3.05) is 6.54 Å². The molecule has 7 heteroatoms. The van der Waals surface area contributed by atoms with Crippen LogP contribution in [0.1, 0.15) is 41.4 Å². The molecule has 0 radical (unpaired) electrons. The molecular weight excluding hydrogens is 387 g/mol. The molecule has 0 amide bonds. The van der Waals surface area contributed by atoms with Gasteiger partial charge in [0, 0.05) is 19.1 Å². The molecule has 0 aliphatic carbocycles. The summed E-state index contributed by atoms with van der Waals surface area (Å²) in [6.07, 6.45) is 2.87. The Hall–Kier alpha value is -1.82. The van der Waals surface area contributed by atoms with E-state index in [0.29, 0.717) is 30.6 Å². The Morgan fingerprint density at radius 1 is 1.22 bits per heavy atom. The summed E-state index contributed by atoms with van der Waals surface area (Å²) >= 11 is 12.5. The molecule has 2 heterocycles. The number of carbonyl (C=O) groups is 1. The first-order valence-electron chi connectivity index (χ1n) is 9.01. The van der Waals surface area contributed by atoms with E-state index in [-0.39, 0.29) is 16.1 Å². The van der Waals surface area contributed by atoms with Gasteiger partial charge in [-0.1, -0.05) is 35.3 Å². The normalized spacial score (nSPS) is 17.4. The summed E-state index contributed by atoms with van der Waals surface area (Å²) in [5.41, 5.74) is 1.72. The molecule has 1 aliphatic heterocycles. The van der Waals surface area contributed by atoms with Gasteiger partial charge in [-0.25, -0.2) is 4.79 Å². The minimum absolute atomic E-state index is 0.111. The minimum atomic E-state index is -0.957. The highest BCUT2D eigenvalue weighted by molar-refractivity contribution is 6.34. The topological polar surface area (TPSA) is 62.5 Å². The van der Waals surface area contributed by atoms with Gasteiger partial charge in [-0.2, -0.15) is 0 Å². The molecule has 1 aliphatic rings. The van der Waals surface area contributed by atoms with Gasteiger partial charge in [-0.3, -0.25) is 9.69 Å². The van der Waals surface area contributed by atoms with Crippen LogP contribution in [-0.4, -0.2) is 33.1 Å². The number of aryl methyl sites for hydroxylation is 1. The zero-order valence-corrected chi connectivity index (χ0v) is 16.6. The lowest BCUT2D eigenvalue weighted by Crippen LogP contribution is -2.32. The smallest absolute Gasteiger partial charge is 0.335 e. The number of hydrogen-bond acceptors (Lipinski definition) is 3. The molecule has 1 N–H and O–H groups in total. The number of aromatic carboxylic acids is 1. The van der Waals surface area contributed by atoms with Crippen molar-refractivity contribution < 1.29 is 9.90 Å². The van der Waals surface area contributed by atoms with Gasteiger partial charge in [0.05, 0.1) is 16.3 Å². The Morgan fingerprint density at radius 2 is 1.93 bits per heavy atom. The van der Waals surface area contributed by atoms with Crippen molar-refractivity contribution >= 4 is 29.2 Å². The molecule has 1 saturated heterocycles. The molecule has 1 aromatic carbocycles. The van der Waals surface area contributed by atoms with E-state index in [1.54, 1.807) is 28.8 Å². The van der Waals surface area contributed by atoms with Gasteiger partial charge in [-0.15, -0.1) is 0 Å². The molecule has 1 atom stereocenters. The average Bonchev–Trinajstić information content (AvgIpc) is 3.04. The Labute approximate surface area is 168 Å². The van der Waals surface area contributed by atoms with E-state index in [0.717, 1.165) is 30.6 Å².